The Labute approximate surface area is 127 Å². The Morgan fingerprint density at radius 1 is 1.33 bits per heavy atom. The molecule has 0 bridgehead atoms. The van der Waals surface area contributed by atoms with Crippen molar-refractivity contribution >= 4 is 6.03 Å². The number of nitrogens with one attached hydrogen (secondary N) is 2. The molecule has 1 aromatic carbocycles. The quantitative estimate of drug-likeness (QED) is 0.818. The van der Waals surface area contributed by atoms with E-state index in [1.807, 2.05) is 31.2 Å². The van der Waals surface area contributed by atoms with Crippen LogP contribution in [0.2, 0.25) is 0 Å². The zero-order valence-electron chi connectivity index (χ0n) is 13.0. The lowest BCUT2D eigenvalue weighted by atomic mass is 9.86. The van der Waals surface area contributed by atoms with Gasteiger partial charge in [0.25, 0.3) is 0 Å². The van der Waals surface area contributed by atoms with Crippen LogP contribution in [-0.4, -0.2) is 25.2 Å². The normalized spacial score (nSPS) is 21.6. The number of carbonyl (C=O) groups is 1. The monoisotopic (exact) mass is 290 g/mol. The van der Waals surface area contributed by atoms with Crippen LogP contribution in [0.15, 0.2) is 24.3 Å². The third-order valence-corrected chi connectivity index (χ3v) is 4.07. The molecule has 0 saturated heterocycles. The molecule has 1 fully saturated rings. The minimum Gasteiger partial charge on any atom is -0.492 e. The molecule has 0 radical (unpaired) electrons. The number of aryl methyl sites for hydroxylation is 1. The van der Waals surface area contributed by atoms with Crippen LogP contribution in [0.3, 0.4) is 0 Å². The van der Waals surface area contributed by atoms with Crippen LogP contribution in [0.1, 0.15) is 38.2 Å². The molecular weight excluding hydrogens is 264 g/mol. The van der Waals surface area contributed by atoms with E-state index in [2.05, 4.69) is 17.6 Å². The highest BCUT2D eigenvalue weighted by atomic mass is 16.5. The number of ether oxygens (including phenoxy) is 1. The van der Waals surface area contributed by atoms with Gasteiger partial charge in [-0.1, -0.05) is 31.9 Å². The van der Waals surface area contributed by atoms with Gasteiger partial charge in [-0.2, -0.15) is 0 Å². The van der Waals surface area contributed by atoms with Crippen LogP contribution >= 0.6 is 0 Å². The third kappa shape index (κ3) is 5.29. The van der Waals surface area contributed by atoms with Gasteiger partial charge in [0.15, 0.2) is 0 Å². The van der Waals surface area contributed by atoms with Gasteiger partial charge in [0.1, 0.15) is 12.4 Å². The van der Waals surface area contributed by atoms with Crippen LogP contribution in [0.5, 0.6) is 5.75 Å². The minimum atomic E-state index is -0.0819. The first-order valence-corrected chi connectivity index (χ1v) is 7.89. The Balaban J connectivity index is 1.63. The highest BCUT2D eigenvalue weighted by Crippen LogP contribution is 2.23. The van der Waals surface area contributed by atoms with Gasteiger partial charge in [-0.15, -0.1) is 0 Å². The number of urea groups is 1. The van der Waals surface area contributed by atoms with Crippen LogP contribution in [0.25, 0.3) is 0 Å². The van der Waals surface area contributed by atoms with Gasteiger partial charge in [0.2, 0.25) is 0 Å². The lowest BCUT2D eigenvalue weighted by molar-refractivity contribution is 0.218. The molecule has 1 aromatic rings. The molecular formula is C17H26N2O2. The zero-order chi connectivity index (χ0) is 15.1. The largest absolute Gasteiger partial charge is 0.492 e. The summed E-state index contributed by atoms with van der Waals surface area (Å²) in [5.41, 5.74) is 1.17. The molecule has 1 aliphatic rings. The molecule has 0 heterocycles. The standard InChI is InChI=1S/C17H26N2O2/c1-13-6-5-8-15(12-13)21-11-10-18-17(20)19-16-9-4-3-7-14(16)2/h5-6,8,12,14,16H,3-4,7,9-11H2,1-2H3,(H2,18,19,20)/t14-,16+/m0/s1. The Bertz CT molecular complexity index is 462. The summed E-state index contributed by atoms with van der Waals surface area (Å²) in [6, 6.07) is 8.15. The molecule has 2 atom stereocenters. The van der Waals surface area contributed by atoms with E-state index < -0.39 is 0 Å². The van der Waals surface area contributed by atoms with Crippen molar-refractivity contribution < 1.29 is 9.53 Å². The lowest BCUT2D eigenvalue weighted by Gasteiger charge is -2.29. The fourth-order valence-corrected chi connectivity index (χ4v) is 2.79. The second-order valence-electron chi connectivity index (χ2n) is 5.93. The summed E-state index contributed by atoms with van der Waals surface area (Å²) in [5.74, 6) is 1.42. The molecule has 0 aliphatic heterocycles. The summed E-state index contributed by atoms with van der Waals surface area (Å²) in [6.45, 7) is 5.24. The average Bonchev–Trinajstić information content (AvgIpc) is 2.46. The van der Waals surface area contributed by atoms with E-state index in [4.69, 9.17) is 4.74 Å². The predicted octanol–water partition coefficient (Wildman–Crippen LogP) is 3.25. The number of amides is 2. The molecule has 1 aliphatic carbocycles. The van der Waals surface area contributed by atoms with Gasteiger partial charge in [0.05, 0.1) is 6.54 Å². The highest BCUT2D eigenvalue weighted by molar-refractivity contribution is 5.74. The maximum absolute atomic E-state index is 11.8. The number of rotatable bonds is 5. The summed E-state index contributed by atoms with van der Waals surface area (Å²) in [7, 11) is 0. The number of carbonyl (C=O) groups excluding carboxylic acids is 1. The van der Waals surface area contributed by atoms with E-state index in [0.717, 1.165) is 12.2 Å². The van der Waals surface area contributed by atoms with Crippen molar-refractivity contribution in [1.29, 1.82) is 0 Å². The van der Waals surface area contributed by atoms with E-state index in [1.54, 1.807) is 0 Å². The second-order valence-corrected chi connectivity index (χ2v) is 5.93. The molecule has 21 heavy (non-hydrogen) atoms. The lowest BCUT2D eigenvalue weighted by Crippen LogP contribution is -2.46. The van der Waals surface area contributed by atoms with E-state index in [0.29, 0.717) is 25.1 Å². The van der Waals surface area contributed by atoms with Crippen molar-refractivity contribution in [2.24, 2.45) is 5.92 Å². The predicted molar refractivity (Wildman–Crippen MR) is 84.6 cm³/mol. The van der Waals surface area contributed by atoms with Gasteiger partial charge in [0, 0.05) is 6.04 Å². The summed E-state index contributed by atoms with van der Waals surface area (Å²) >= 11 is 0. The van der Waals surface area contributed by atoms with Gasteiger partial charge in [-0.25, -0.2) is 4.79 Å². The first kappa shape index (κ1) is 15.7. The number of benzene rings is 1. The summed E-state index contributed by atoms with van der Waals surface area (Å²) < 4.78 is 5.61. The minimum absolute atomic E-state index is 0.0819. The summed E-state index contributed by atoms with van der Waals surface area (Å²) in [5, 5.41) is 5.93. The van der Waals surface area contributed by atoms with E-state index >= 15 is 0 Å². The first-order chi connectivity index (χ1) is 10.1. The Morgan fingerprint density at radius 3 is 2.90 bits per heavy atom. The van der Waals surface area contributed by atoms with Crippen molar-refractivity contribution in [3.8, 4) is 5.75 Å². The van der Waals surface area contributed by atoms with Gasteiger partial charge < -0.3 is 15.4 Å². The highest BCUT2D eigenvalue weighted by Gasteiger charge is 2.22. The Hall–Kier alpha value is -1.71. The molecule has 4 heteroatoms. The maximum Gasteiger partial charge on any atom is 0.315 e. The summed E-state index contributed by atoms with van der Waals surface area (Å²) in [6.07, 6.45) is 4.80. The maximum atomic E-state index is 11.8. The van der Waals surface area contributed by atoms with Gasteiger partial charge >= 0.3 is 6.03 Å². The molecule has 0 unspecified atom stereocenters. The summed E-state index contributed by atoms with van der Waals surface area (Å²) in [4.78, 5) is 11.8. The molecule has 2 rings (SSSR count). The van der Waals surface area contributed by atoms with Crippen molar-refractivity contribution in [1.82, 2.24) is 10.6 Å². The van der Waals surface area contributed by atoms with E-state index in [-0.39, 0.29) is 6.03 Å². The van der Waals surface area contributed by atoms with E-state index in [9.17, 15) is 4.79 Å². The van der Waals surface area contributed by atoms with Gasteiger partial charge in [-0.05, 0) is 43.4 Å². The van der Waals surface area contributed by atoms with Crippen LogP contribution in [-0.2, 0) is 0 Å². The first-order valence-electron chi connectivity index (χ1n) is 7.89. The average molecular weight is 290 g/mol. The Morgan fingerprint density at radius 2 is 2.14 bits per heavy atom. The van der Waals surface area contributed by atoms with Crippen LogP contribution in [0, 0.1) is 12.8 Å². The van der Waals surface area contributed by atoms with Crippen molar-refractivity contribution in [3.63, 3.8) is 0 Å². The Kier molecular flexibility index (Phi) is 5.90. The SMILES string of the molecule is Cc1cccc(OCCNC(=O)N[C@@H]2CCCC[C@@H]2C)c1. The molecule has 116 valence electrons. The molecule has 1 saturated carbocycles. The van der Waals surface area contributed by atoms with E-state index in [1.165, 1.54) is 24.8 Å². The fraction of sp³-hybridized carbons (Fsp3) is 0.588. The van der Waals surface area contributed by atoms with Gasteiger partial charge in [-0.3, -0.25) is 0 Å². The molecule has 0 aromatic heterocycles. The molecule has 4 nitrogen and oxygen atoms in total. The molecule has 2 amide bonds. The second kappa shape index (κ2) is 7.91. The van der Waals surface area contributed by atoms with Crippen molar-refractivity contribution in [3.05, 3.63) is 29.8 Å². The number of hydrogen-bond donors (Lipinski definition) is 2. The molecule has 0 spiro atoms. The van der Waals surface area contributed by atoms with Crippen LogP contribution < -0.4 is 15.4 Å². The smallest absolute Gasteiger partial charge is 0.315 e. The molecule has 2 N–H and O–H groups in total. The van der Waals surface area contributed by atoms with Crippen LogP contribution in [0.4, 0.5) is 4.79 Å². The van der Waals surface area contributed by atoms with Crippen molar-refractivity contribution in [2.75, 3.05) is 13.2 Å². The zero-order valence-corrected chi connectivity index (χ0v) is 13.0. The fourth-order valence-electron chi connectivity index (χ4n) is 2.79. The topological polar surface area (TPSA) is 50.4 Å². The number of hydrogen-bond acceptors (Lipinski definition) is 2. The van der Waals surface area contributed by atoms with Crippen molar-refractivity contribution in [2.45, 2.75) is 45.6 Å². The third-order valence-electron chi connectivity index (χ3n) is 4.07.